The van der Waals surface area contributed by atoms with Gasteiger partial charge in [-0.3, -0.25) is 9.20 Å². The average Bonchev–Trinajstić information content (AvgIpc) is 2.98. The zero-order valence-electron chi connectivity index (χ0n) is 13.4. The molecule has 0 bridgehead atoms. The monoisotopic (exact) mass is 396 g/mol. The van der Waals surface area contributed by atoms with Gasteiger partial charge in [-0.2, -0.15) is 0 Å². The molecule has 0 aliphatic heterocycles. The smallest absolute Gasteiger partial charge is 0.237 e. The third-order valence-corrected chi connectivity index (χ3v) is 4.95. The Hall–Kier alpha value is -1.96. The zero-order valence-corrected chi connectivity index (χ0v) is 15.7. The minimum absolute atomic E-state index is 0.181. The molecule has 0 spiro atoms. The molecule has 2 heterocycles. The molecular weight excluding hydrogens is 383 g/mol. The number of ether oxygens (including phenoxy) is 1. The molecule has 6 nitrogen and oxygen atoms in total. The van der Waals surface area contributed by atoms with Gasteiger partial charge in [0.25, 0.3) is 0 Å². The number of methoxy groups -OCH3 is 1. The van der Waals surface area contributed by atoms with Crippen LogP contribution < -0.4 is 10.1 Å². The average molecular weight is 397 g/mol. The van der Waals surface area contributed by atoms with Crippen LogP contribution in [0.5, 0.6) is 5.75 Å². The molecular formula is C16H14Cl2N4O2S. The van der Waals surface area contributed by atoms with Crippen molar-refractivity contribution in [2.45, 2.75) is 17.3 Å². The lowest BCUT2D eigenvalue weighted by molar-refractivity contribution is -0.115. The third kappa shape index (κ3) is 3.84. The summed E-state index contributed by atoms with van der Waals surface area (Å²) in [6, 6.07) is 8.82. The first-order valence-electron chi connectivity index (χ1n) is 7.30. The summed E-state index contributed by atoms with van der Waals surface area (Å²) >= 11 is 13.4. The first-order chi connectivity index (χ1) is 12.0. The fourth-order valence-corrected chi connectivity index (χ4v) is 3.51. The van der Waals surface area contributed by atoms with Gasteiger partial charge < -0.3 is 10.1 Å². The molecule has 3 rings (SSSR count). The topological polar surface area (TPSA) is 68.5 Å². The standard InChI is InChI=1S/C16H14Cl2N4O2S/c1-9(15(23)19-12-5-3-4-6-13(12)24-2)25-16-21-20-14-11(18)7-10(17)8-22(14)16/h3-9H,1-2H3,(H,19,23)/t9-/m1/s1. The van der Waals surface area contributed by atoms with E-state index in [9.17, 15) is 4.79 Å². The van der Waals surface area contributed by atoms with Gasteiger partial charge in [-0.1, -0.05) is 47.1 Å². The van der Waals surface area contributed by atoms with Crippen molar-refractivity contribution >= 4 is 52.2 Å². The van der Waals surface area contributed by atoms with E-state index in [1.165, 1.54) is 11.8 Å². The van der Waals surface area contributed by atoms with Crippen LogP contribution in [0.4, 0.5) is 5.69 Å². The lowest BCUT2D eigenvalue weighted by Gasteiger charge is -2.13. The Morgan fingerprint density at radius 3 is 2.84 bits per heavy atom. The SMILES string of the molecule is COc1ccccc1NC(=O)[C@@H](C)Sc1nnc2c(Cl)cc(Cl)cn12. The maximum atomic E-state index is 12.5. The van der Waals surface area contributed by atoms with Gasteiger partial charge in [0.2, 0.25) is 5.91 Å². The first-order valence-corrected chi connectivity index (χ1v) is 8.93. The summed E-state index contributed by atoms with van der Waals surface area (Å²) < 4.78 is 6.91. The van der Waals surface area contributed by atoms with E-state index in [0.29, 0.717) is 32.3 Å². The number of rotatable bonds is 5. The van der Waals surface area contributed by atoms with E-state index in [1.54, 1.807) is 42.8 Å². The van der Waals surface area contributed by atoms with E-state index in [4.69, 9.17) is 27.9 Å². The van der Waals surface area contributed by atoms with Gasteiger partial charge in [0.05, 0.1) is 28.1 Å². The number of nitrogens with one attached hydrogen (secondary N) is 1. The number of fused-ring (bicyclic) bond motifs is 1. The summed E-state index contributed by atoms with van der Waals surface area (Å²) in [5.41, 5.74) is 1.10. The molecule has 0 radical (unpaired) electrons. The molecule has 1 aromatic carbocycles. The van der Waals surface area contributed by atoms with Gasteiger partial charge in [-0.15, -0.1) is 10.2 Å². The molecule has 0 fully saturated rings. The van der Waals surface area contributed by atoms with Crippen molar-refractivity contribution in [2.24, 2.45) is 0 Å². The molecule has 0 unspecified atom stereocenters. The van der Waals surface area contributed by atoms with Gasteiger partial charge in [0.1, 0.15) is 5.75 Å². The van der Waals surface area contributed by atoms with Crippen molar-refractivity contribution in [3.8, 4) is 5.75 Å². The van der Waals surface area contributed by atoms with Gasteiger partial charge >= 0.3 is 0 Å². The van der Waals surface area contributed by atoms with Crippen LogP contribution in [-0.2, 0) is 4.79 Å². The molecule has 1 amide bonds. The summed E-state index contributed by atoms with van der Waals surface area (Å²) in [4.78, 5) is 12.5. The van der Waals surface area contributed by atoms with E-state index in [1.807, 2.05) is 12.1 Å². The highest BCUT2D eigenvalue weighted by atomic mass is 35.5. The summed E-state index contributed by atoms with van der Waals surface area (Å²) in [7, 11) is 1.55. The molecule has 0 saturated carbocycles. The van der Waals surface area contributed by atoms with Crippen LogP contribution in [0.15, 0.2) is 41.7 Å². The molecule has 3 aromatic rings. The fraction of sp³-hybridized carbons (Fsp3) is 0.188. The van der Waals surface area contributed by atoms with E-state index < -0.39 is 5.25 Å². The second kappa shape index (κ2) is 7.51. The van der Waals surface area contributed by atoms with Crippen molar-refractivity contribution in [3.63, 3.8) is 0 Å². The molecule has 9 heteroatoms. The summed E-state index contributed by atoms with van der Waals surface area (Å²) in [5.74, 6) is 0.416. The Morgan fingerprint density at radius 1 is 1.32 bits per heavy atom. The number of pyridine rings is 1. The molecule has 1 N–H and O–H groups in total. The normalized spacial score (nSPS) is 12.2. The summed E-state index contributed by atoms with van der Waals surface area (Å²) in [6.45, 7) is 1.78. The predicted octanol–water partition coefficient (Wildman–Crippen LogP) is 4.16. The van der Waals surface area contributed by atoms with E-state index in [2.05, 4.69) is 15.5 Å². The van der Waals surface area contributed by atoms with Gasteiger partial charge in [-0.05, 0) is 25.1 Å². The number of carbonyl (C=O) groups is 1. The number of carbonyl (C=O) groups excluding carboxylic acids is 1. The van der Waals surface area contributed by atoms with Crippen molar-refractivity contribution in [1.29, 1.82) is 0 Å². The number of hydrogen-bond acceptors (Lipinski definition) is 5. The number of anilines is 1. The van der Waals surface area contributed by atoms with Gasteiger partial charge in [0.15, 0.2) is 10.8 Å². The van der Waals surface area contributed by atoms with Crippen molar-refractivity contribution in [3.05, 3.63) is 46.6 Å². The van der Waals surface area contributed by atoms with Crippen molar-refractivity contribution in [1.82, 2.24) is 14.6 Å². The van der Waals surface area contributed by atoms with Crippen LogP contribution in [-0.4, -0.2) is 32.9 Å². The summed E-state index contributed by atoms with van der Waals surface area (Å²) in [6.07, 6.45) is 1.66. The van der Waals surface area contributed by atoms with Crippen LogP contribution in [0.3, 0.4) is 0 Å². The molecule has 25 heavy (non-hydrogen) atoms. The molecule has 0 aliphatic rings. The fourth-order valence-electron chi connectivity index (χ4n) is 2.18. The molecule has 0 aliphatic carbocycles. The minimum Gasteiger partial charge on any atom is -0.495 e. The van der Waals surface area contributed by atoms with Crippen molar-refractivity contribution < 1.29 is 9.53 Å². The number of halogens is 2. The number of thioether (sulfide) groups is 1. The number of aromatic nitrogens is 3. The number of para-hydroxylation sites is 2. The lowest BCUT2D eigenvalue weighted by Crippen LogP contribution is -2.23. The Morgan fingerprint density at radius 2 is 2.08 bits per heavy atom. The van der Waals surface area contributed by atoms with Crippen LogP contribution >= 0.6 is 35.0 Å². The largest absolute Gasteiger partial charge is 0.495 e. The van der Waals surface area contributed by atoms with Crippen molar-refractivity contribution in [2.75, 3.05) is 12.4 Å². The number of hydrogen-bond donors (Lipinski definition) is 1. The second-order valence-electron chi connectivity index (χ2n) is 5.13. The first kappa shape index (κ1) is 17.8. The Balaban J connectivity index is 1.78. The Bertz CT molecular complexity index is 932. The number of benzene rings is 1. The lowest BCUT2D eigenvalue weighted by atomic mass is 10.3. The van der Waals surface area contributed by atoms with Crippen LogP contribution in [0.1, 0.15) is 6.92 Å². The van der Waals surface area contributed by atoms with Crippen LogP contribution in [0, 0.1) is 0 Å². The van der Waals surface area contributed by atoms with Crippen LogP contribution in [0.2, 0.25) is 10.0 Å². The molecule has 1 atom stereocenters. The molecule has 0 saturated heterocycles. The highest BCUT2D eigenvalue weighted by molar-refractivity contribution is 8.00. The number of amides is 1. The van der Waals surface area contributed by atoms with Gasteiger partial charge in [-0.25, -0.2) is 0 Å². The Labute approximate surface area is 158 Å². The Kier molecular flexibility index (Phi) is 5.36. The quantitative estimate of drug-likeness (QED) is 0.655. The van der Waals surface area contributed by atoms with Gasteiger partial charge in [0, 0.05) is 6.20 Å². The molecule has 130 valence electrons. The third-order valence-electron chi connectivity index (χ3n) is 3.41. The molecule has 2 aromatic heterocycles. The maximum absolute atomic E-state index is 12.5. The number of nitrogens with zero attached hydrogens (tertiary/aromatic N) is 3. The maximum Gasteiger partial charge on any atom is 0.237 e. The zero-order chi connectivity index (χ0) is 18.0. The second-order valence-corrected chi connectivity index (χ2v) is 7.28. The predicted molar refractivity (Wildman–Crippen MR) is 99.9 cm³/mol. The van der Waals surface area contributed by atoms with Crippen LogP contribution in [0.25, 0.3) is 5.65 Å². The van der Waals surface area contributed by atoms with E-state index in [-0.39, 0.29) is 5.91 Å². The highest BCUT2D eigenvalue weighted by Crippen LogP contribution is 2.29. The summed E-state index contributed by atoms with van der Waals surface area (Å²) in [5, 5.41) is 11.9. The highest BCUT2D eigenvalue weighted by Gasteiger charge is 2.20. The van der Waals surface area contributed by atoms with E-state index >= 15 is 0 Å². The minimum atomic E-state index is -0.421. The van der Waals surface area contributed by atoms with E-state index in [0.717, 1.165) is 0 Å².